The van der Waals surface area contributed by atoms with Gasteiger partial charge in [0.1, 0.15) is 6.54 Å². The molecule has 0 radical (unpaired) electrons. The molecule has 1 N–H and O–H groups in total. The van der Waals surface area contributed by atoms with Crippen molar-refractivity contribution in [1.82, 2.24) is 20.0 Å². The Morgan fingerprint density at radius 1 is 0.882 bits per heavy atom. The van der Waals surface area contributed by atoms with E-state index in [0.717, 1.165) is 37.1 Å². The zero-order valence-corrected chi connectivity index (χ0v) is 19.2. The summed E-state index contributed by atoms with van der Waals surface area (Å²) in [6.07, 6.45) is 3.73. The lowest BCUT2D eigenvalue weighted by Gasteiger charge is -2.22. The summed E-state index contributed by atoms with van der Waals surface area (Å²) in [6.45, 7) is 4.16. The normalized spacial score (nSPS) is 15.9. The predicted molar refractivity (Wildman–Crippen MR) is 127 cm³/mol. The number of likely N-dealkylation sites (tertiary alicyclic amines) is 1. The van der Waals surface area contributed by atoms with Gasteiger partial charge in [0.05, 0.1) is 30.7 Å². The summed E-state index contributed by atoms with van der Waals surface area (Å²) in [5, 5.41) is 7.07. The number of aromatic amines is 1. The van der Waals surface area contributed by atoms with Gasteiger partial charge in [0.15, 0.2) is 0 Å². The van der Waals surface area contributed by atoms with E-state index in [4.69, 9.17) is 0 Å². The zero-order valence-electron chi connectivity index (χ0n) is 19.2. The molecule has 3 amide bonds. The SMILES string of the molecule is Cc1ccc(C(=O)N2CC(=O)N(Cc3ccc(C(=O)N4CCCC4)cc3)c3cn[nH]c3C2)cc1. The van der Waals surface area contributed by atoms with Gasteiger partial charge in [-0.05, 0) is 49.6 Å². The van der Waals surface area contributed by atoms with Crippen LogP contribution in [0.4, 0.5) is 5.69 Å². The van der Waals surface area contributed by atoms with Crippen LogP contribution in [0.3, 0.4) is 0 Å². The summed E-state index contributed by atoms with van der Waals surface area (Å²) in [5.74, 6) is -0.323. The van der Waals surface area contributed by atoms with Crippen molar-refractivity contribution in [3.05, 3.63) is 82.7 Å². The van der Waals surface area contributed by atoms with Gasteiger partial charge < -0.3 is 14.7 Å². The Balaban J connectivity index is 1.34. The molecule has 1 saturated heterocycles. The van der Waals surface area contributed by atoms with E-state index in [9.17, 15) is 14.4 Å². The van der Waals surface area contributed by atoms with Crippen molar-refractivity contribution >= 4 is 23.4 Å². The Hall–Kier alpha value is -3.94. The van der Waals surface area contributed by atoms with E-state index >= 15 is 0 Å². The molecule has 2 aliphatic heterocycles. The van der Waals surface area contributed by atoms with Gasteiger partial charge in [0.25, 0.3) is 11.8 Å². The van der Waals surface area contributed by atoms with Gasteiger partial charge >= 0.3 is 0 Å². The molecule has 1 aromatic heterocycles. The first-order valence-corrected chi connectivity index (χ1v) is 11.6. The highest BCUT2D eigenvalue weighted by Crippen LogP contribution is 2.26. The Morgan fingerprint density at radius 2 is 1.50 bits per heavy atom. The Bertz CT molecular complexity index is 1210. The van der Waals surface area contributed by atoms with Crippen LogP contribution in [0.25, 0.3) is 0 Å². The highest BCUT2D eigenvalue weighted by Gasteiger charge is 2.31. The molecule has 8 nitrogen and oxygen atoms in total. The van der Waals surface area contributed by atoms with Crippen LogP contribution in [0, 0.1) is 6.92 Å². The van der Waals surface area contributed by atoms with Crippen molar-refractivity contribution in [1.29, 1.82) is 0 Å². The molecule has 1 fully saturated rings. The Kier molecular flexibility index (Phi) is 5.88. The van der Waals surface area contributed by atoms with Crippen LogP contribution in [-0.2, 0) is 17.9 Å². The first-order chi connectivity index (χ1) is 16.5. The number of H-pyrrole nitrogens is 1. The summed E-state index contributed by atoms with van der Waals surface area (Å²) in [6, 6.07) is 14.8. The molecule has 0 bridgehead atoms. The second-order valence-corrected chi connectivity index (χ2v) is 8.94. The van der Waals surface area contributed by atoms with E-state index < -0.39 is 0 Å². The van der Waals surface area contributed by atoms with Crippen LogP contribution in [0.1, 0.15) is 50.4 Å². The number of hydrogen-bond acceptors (Lipinski definition) is 4. The molecule has 0 spiro atoms. The van der Waals surface area contributed by atoms with E-state index in [1.54, 1.807) is 28.1 Å². The molecule has 0 unspecified atom stereocenters. The average molecular weight is 458 g/mol. The maximum Gasteiger partial charge on any atom is 0.254 e. The minimum absolute atomic E-state index is 0.0270. The monoisotopic (exact) mass is 457 g/mol. The molecule has 34 heavy (non-hydrogen) atoms. The van der Waals surface area contributed by atoms with Crippen molar-refractivity contribution in [2.45, 2.75) is 32.9 Å². The van der Waals surface area contributed by atoms with E-state index in [-0.39, 0.29) is 30.8 Å². The minimum Gasteiger partial charge on any atom is -0.339 e. The summed E-state index contributed by atoms with van der Waals surface area (Å²) < 4.78 is 0. The quantitative estimate of drug-likeness (QED) is 0.652. The molecular formula is C26H27N5O3. The van der Waals surface area contributed by atoms with Crippen LogP contribution in [0.5, 0.6) is 0 Å². The summed E-state index contributed by atoms with van der Waals surface area (Å²) in [4.78, 5) is 44.1. The highest BCUT2D eigenvalue weighted by atomic mass is 16.2. The fourth-order valence-electron chi connectivity index (χ4n) is 4.52. The van der Waals surface area contributed by atoms with Crippen LogP contribution < -0.4 is 4.90 Å². The molecule has 8 heteroatoms. The van der Waals surface area contributed by atoms with E-state index in [1.807, 2.05) is 48.2 Å². The number of anilines is 1. The lowest BCUT2D eigenvalue weighted by Crippen LogP contribution is -2.39. The van der Waals surface area contributed by atoms with Gasteiger partial charge in [-0.2, -0.15) is 5.10 Å². The first kappa shape index (κ1) is 21.9. The van der Waals surface area contributed by atoms with Gasteiger partial charge in [0, 0.05) is 24.2 Å². The van der Waals surface area contributed by atoms with E-state index in [0.29, 0.717) is 29.1 Å². The maximum absolute atomic E-state index is 13.3. The van der Waals surface area contributed by atoms with E-state index in [2.05, 4.69) is 10.2 Å². The number of carbonyl (C=O) groups is 3. The molecular weight excluding hydrogens is 430 g/mol. The summed E-state index contributed by atoms with van der Waals surface area (Å²) in [7, 11) is 0. The number of nitrogens with zero attached hydrogens (tertiary/aromatic N) is 4. The third-order valence-electron chi connectivity index (χ3n) is 6.48. The molecule has 2 aromatic carbocycles. The molecule has 174 valence electrons. The third-order valence-corrected chi connectivity index (χ3v) is 6.48. The second kappa shape index (κ2) is 9.13. The zero-order chi connectivity index (χ0) is 23.7. The first-order valence-electron chi connectivity index (χ1n) is 11.6. The number of amides is 3. The number of carbonyl (C=O) groups excluding carboxylic acids is 3. The number of benzene rings is 2. The topological polar surface area (TPSA) is 89.6 Å². The molecule has 0 atom stereocenters. The second-order valence-electron chi connectivity index (χ2n) is 8.94. The number of aryl methyl sites for hydroxylation is 1. The molecule has 5 rings (SSSR count). The Morgan fingerprint density at radius 3 is 2.18 bits per heavy atom. The smallest absolute Gasteiger partial charge is 0.254 e. The van der Waals surface area contributed by atoms with Crippen LogP contribution in [0.2, 0.25) is 0 Å². The highest BCUT2D eigenvalue weighted by molar-refractivity contribution is 6.01. The van der Waals surface area contributed by atoms with Gasteiger partial charge in [0.2, 0.25) is 5.91 Å². The van der Waals surface area contributed by atoms with E-state index in [1.165, 1.54) is 0 Å². The van der Waals surface area contributed by atoms with Gasteiger partial charge in [-0.25, -0.2) is 0 Å². The van der Waals surface area contributed by atoms with Crippen LogP contribution in [-0.4, -0.2) is 57.4 Å². The average Bonchev–Trinajstić information content (AvgIpc) is 3.53. The fraction of sp³-hybridized carbons (Fsp3) is 0.308. The standard InChI is InChI=1S/C26H27N5O3/c1-18-4-8-20(9-5-18)26(34)30-16-22-23(14-27-28-22)31(24(32)17-30)15-19-6-10-21(11-7-19)25(33)29-12-2-3-13-29/h4-11,14H,2-3,12-13,15-17H2,1H3,(H,27,28). The number of rotatable bonds is 4. The van der Waals surface area contributed by atoms with Crippen molar-refractivity contribution in [2.75, 3.05) is 24.5 Å². The molecule has 3 aromatic rings. The van der Waals surface area contributed by atoms with Crippen molar-refractivity contribution < 1.29 is 14.4 Å². The predicted octanol–water partition coefficient (Wildman–Crippen LogP) is 3.14. The molecule has 2 aliphatic rings. The van der Waals surface area contributed by atoms with Crippen molar-refractivity contribution in [2.24, 2.45) is 0 Å². The number of fused-ring (bicyclic) bond motifs is 1. The van der Waals surface area contributed by atoms with Crippen molar-refractivity contribution in [3.63, 3.8) is 0 Å². The minimum atomic E-state index is -0.194. The van der Waals surface area contributed by atoms with Crippen molar-refractivity contribution in [3.8, 4) is 0 Å². The Labute approximate surface area is 198 Å². The number of hydrogen-bond donors (Lipinski definition) is 1. The maximum atomic E-state index is 13.3. The van der Waals surface area contributed by atoms with Crippen LogP contribution >= 0.6 is 0 Å². The number of nitrogens with one attached hydrogen (secondary N) is 1. The fourth-order valence-corrected chi connectivity index (χ4v) is 4.52. The van der Waals surface area contributed by atoms with Gasteiger partial charge in [-0.3, -0.25) is 19.5 Å². The van der Waals surface area contributed by atoms with Crippen LogP contribution in [0.15, 0.2) is 54.7 Å². The summed E-state index contributed by atoms with van der Waals surface area (Å²) in [5.41, 5.74) is 4.56. The third kappa shape index (κ3) is 4.31. The van der Waals surface area contributed by atoms with Gasteiger partial charge in [-0.1, -0.05) is 29.8 Å². The molecule has 3 heterocycles. The molecule has 0 saturated carbocycles. The largest absolute Gasteiger partial charge is 0.339 e. The van der Waals surface area contributed by atoms with Gasteiger partial charge in [-0.15, -0.1) is 0 Å². The lowest BCUT2D eigenvalue weighted by atomic mass is 10.1. The summed E-state index contributed by atoms with van der Waals surface area (Å²) >= 11 is 0. The lowest BCUT2D eigenvalue weighted by molar-refractivity contribution is -0.119. The number of aromatic nitrogens is 2. The molecule has 0 aliphatic carbocycles.